The van der Waals surface area contributed by atoms with Gasteiger partial charge in [-0.2, -0.15) is 0 Å². The fourth-order valence-corrected chi connectivity index (χ4v) is 0.153. The molecule has 7 heavy (non-hydrogen) atoms. The highest BCUT2D eigenvalue weighted by Crippen LogP contribution is 1.77. The Bertz CT molecular complexity index is 68.1. The van der Waals surface area contributed by atoms with E-state index in [9.17, 15) is 4.39 Å². The summed E-state index contributed by atoms with van der Waals surface area (Å²) in [6.45, 7) is 2.62. The molecule has 0 saturated carbocycles. The van der Waals surface area contributed by atoms with Crippen LogP contribution in [0.15, 0.2) is 5.16 Å². The normalized spacial score (nSPS) is 7.86. The van der Waals surface area contributed by atoms with E-state index in [1.165, 1.54) is 0 Å². The van der Waals surface area contributed by atoms with E-state index < -0.39 is 6.86 Å². The predicted molar refractivity (Wildman–Crippen MR) is 25.8 cm³/mol. The van der Waals surface area contributed by atoms with Crippen LogP contribution < -0.4 is 0 Å². The minimum absolute atomic E-state index is 0.720. The lowest BCUT2D eigenvalue weighted by molar-refractivity contribution is 0.0633. The minimum atomic E-state index is -0.842. The first-order valence-electron chi connectivity index (χ1n) is 1.96. The zero-order chi connectivity index (χ0) is 5.70. The van der Waals surface area contributed by atoms with Crippen LogP contribution in [0.2, 0.25) is 0 Å². The Morgan fingerprint density at radius 3 is 2.43 bits per heavy atom. The zero-order valence-corrected chi connectivity index (χ0v) is 4.44. The lowest BCUT2D eigenvalue weighted by Gasteiger charge is -1.87. The standard InChI is InChI=1S/C4H8FNO/c1-4(2)6-7-3-5/h3H2,1-2H3. The first-order chi connectivity index (χ1) is 3.27. The van der Waals surface area contributed by atoms with Crippen LogP contribution in [0.5, 0.6) is 0 Å². The molecule has 2 nitrogen and oxygen atoms in total. The highest BCUT2D eigenvalue weighted by molar-refractivity contribution is 5.78. The fourth-order valence-electron chi connectivity index (χ4n) is 0.153. The maximum atomic E-state index is 11.0. The van der Waals surface area contributed by atoms with Gasteiger partial charge in [0.05, 0.1) is 5.71 Å². The molecule has 0 aromatic carbocycles. The summed E-state index contributed by atoms with van der Waals surface area (Å²) in [6.07, 6.45) is 0. The molecule has 0 aliphatic heterocycles. The largest absolute Gasteiger partial charge is 0.362 e. The van der Waals surface area contributed by atoms with Gasteiger partial charge in [0.15, 0.2) is 0 Å². The highest BCUT2D eigenvalue weighted by Gasteiger charge is 1.74. The average Bonchev–Trinajstić information content (AvgIpc) is 1.61. The summed E-state index contributed by atoms with van der Waals surface area (Å²) in [5, 5.41) is 3.28. The van der Waals surface area contributed by atoms with E-state index in [0.29, 0.717) is 0 Å². The quantitative estimate of drug-likeness (QED) is 0.383. The smallest absolute Gasteiger partial charge is 0.255 e. The molecule has 0 aliphatic rings. The van der Waals surface area contributed by atoms with Crippen molar-refractivity contribution in [2.75, 3.05) is 6.86 Å². The van der Waals surface area contributed by atoms with Crippen molar-refractivity contribution in [3.05, 3.63) is 0 Å². The maximum absolute atomic E-state index is 11.0. The second-order valence-electron chi connectivity index (χ2n) is 1.28. The monoisotopic (exact) mass is 105 g/mol. The van der Waals surface area contributed by atoms with Crippen molar-refractivity contribution in [1.82, 2.24) is 0 Å². The van der Waals surface area contributed by atoms with E-state index in [4.69, 9.17) is 0 Å². The van der Waals surface area contributed by atoms with E-state index in [0.717, 1.165) is 5.71 Å². The van der Waals surface area contributed by atoms with E-state index in [2.05, 4.69) is 9.99 Å². The van der Waals surface area contributed by atoms with E-state index in [-0.39, 0.29) is 0 Å². The molecule has 3 heteroatoms. The molecule has 0 radical (unpaired) electrons. The maximum Gasteiger partial charge on any atom is 0.255 e. The molecule has 0 atom stereocenters. The number of alkyl halides is 1. The second-order valence-corrected chi connectivity index (χ2v) is 1.28. The average molecular weight is 105 g/mol. The van der Waals surface area contributed by atoms with Crippen LogP contribution in [0.25, 0.3) is 0 Å². The van der Waals surface area contributed by atoms with Gasteiger partial charge in [-0.15, -0.1) is 0 Å². The first-order valence-corrected chi connectivity index (χ1v) is 1.96. The molecule has 0 bridgehead atoms. The van der Waals surface area contributed by atoms with Crippen LogP contribution in [0, 0.1) is 0 Å². The minimum Gasteiger partial charge on any atom is -0.362 e. The van der Waals surface area contributed by atoms with Gasteiger partial charge in [0.2, 0.25) is 0 Å². The van der Waals surface area contributed by atoms with Gasteiger partial charge in [0, 0.05) is 0 Å². The zero-order valence-electron chi connectivity index (χ0n) is 4.44. The molecule has 42 valence electrons. The van der Waals surface area contributed by atoms with Gasteiger partial charge in [0.1, 0.15) is 0 Å². The third-order valence-electron chi connectivity index (χ3n) is 0.296. The molecule has 0 fully saturated rings. The van der Waals surface area contributed by atoms with E-state index in [1.807, 2.05) is 0 Å². The van der Waals surface area contributed by atoms with Crippen LogP contribution in [0.3, 0.4) is 0 Å². The van der Waals surface area contributed by atoms with E-state index >= 15 is 0 Å². The van der Waals surface area contributed by atoms with Gasteiger partial charge in [-0.3, -0.25) is 0 Å². The molecule has 0 saturated heterocycles. The van der Waals surface area contributed by atoms with Crippen molar-refractivity contribution in [3.8, 4) is 0 Å². The molecular weight excluding hydrogens is 97.0 g/mol. The van der Waals surface area contributed by atoms with Crippen molar-refractivity contribution in [2.45, 2.75) is 13.8 Å². The topological polar surface area (TPSA) is 21.6 Å². The van der Waals surface area contributed by atoms with Crippen molar-refractivity contribution < 1.29 is 9.23 Å². The van der Waals surface area contributed by atoms with Crippen LogP contribution in [0.1, 0.15) is 13.8 Å². The summed E-state index contributed by atoms with van der Waals surface area (Å²) < 4.78 is 11.0. The van der Waals surface area contributed by atoms with Gasteiger partial charge in [0.25, 0.3) is 6.86 Å². The summed E-state index contributed by atoms with van der Waals surface area (Å²) >= 11 is 0. The number of halogens is 1. The Hall–Kier alpha value is -0.600. The molecule has 0 unspecified atom stereocenters. The number of hydrogen-bond donors (Lipinski definition) is 0. The van der Waals surface area contributed by atoms with Crippen LogP contribution >= 0.6 is 0 Å². The number of rotatable bonds is 2. The first kappa shape index (κ1) is 6.40. The van der Waals surface area contributed by atoms with E-state index in [1.54, 1.807) is 13.8 Å². The van der Waals surface area contributed by atoms with Gasteiger partial charge in [-0.05, 0) is 13.8 Å². The Labute approximate surface area is 42.0 Å². The molecule has 0 heterocycles. The summed E-state index contributed by atoms with van der Waals surface area (Å²) in [4.78, 5) is 4.02. The SMILES string of the molecule is CC(C)=NOCF. The summed E-state index contributed by atoms with van der Waals surface area (Å²) in [5.41, 5.74) is 0.720. The van der Waals surface area contributed by atoms with Crippen LogP contribution in [-0.4, -0.2) is 12.6 Å². The molecule has 0 spiro atoms. The number of nitrogens with zero attached hydrogens (tertiary/aromatic N) is 1. The number of oxime groups is 1. The third kappa shape index (κ3) is 5.40. The van der Waals surface area contributed by atoms with Crippen molar-refractivity contribution in [2.24, 2.45) is 5.16 Å². The second kappa shape index (κ2) is 3.59. The van der Waals surface area contributed by atoms with Crippen molar-refractivity contribution in [3.63, 3.8) is 0 Å². The van der Waals surface area contributed by atoms with Gasteiger partial charge in [-0.25, -0.2) is 4.39 Å². The predicted octanol–water partition coefficient (Wildman–Crippen LogP) is 1.33. The van der Waals surface area contributed by atoms with Gasteiger partial charge >= 0.3 is 0 Å². The van der Waals surface area contributed by atoms with Crippen molar-refractivity contribution in [1.29, 1.82) is 0 Å². The lowest BCUT2D eigenvalue weighted by Crippen LogP contribution is -1.83. The van der Waals surface area contributed by atoms with Crippen LogP contribution in [0.4, 0.5) is 4.39 Å². The summed E-state index contributed by atoms with van der Waals surface area (Å²) in [5.74, 6) is 0. The lowest BCUT2D eigenvalue weighted by atomic mass is 10.5. The highest BCUT2D eigenvalue weighted by atomic mass is 19.1. The van der Waals surface area contributed by atoms with Gasteiger partial charge in [-0.1, -0.05) is 5.16 Å². The molecular formula is C4H8FNO. The molecule has 0 amide bonds. The molecule has 0 aromatic heterocycles. The number of hydrogen-bond acceptors (Lipinski definition) is 2. The van der Waals surface area contributed by atoms with Crippen molar-refractivity contribution >= 4 is 5.71 Å². The van der Waals surface area contributed by atoms with Gasteiger partial charge < -0.3 is 4.84 Å². The Morgan fingerprint density at radius 2 is 2.29 bits per heavy atom. The summed E-state index contributed by atoms with van der Waals surface area (Å²) in [7, 11) is 0. The molecule has 0 N–H and O–H groups in total. The molecule has 0 aliphatic carbocycles. The molecule has 0 aromatic rings. The Kier molecular flexibility index (Phi) is 3.28. The Balaban J connectivity index is 3.08. The van der Waals surface area contributed by atoms with Crippen LogP contribution in [-0.2, 0) is 4.84 Å². The third-order valence-corrected chi connectivity index (χ3v) is 0.296. The fraction of sp³-hybridized carbons (Fsp3) is 0.750. The summed E-state index contributed by atoms with van der Waals surface area (Å²) in [6, 6.07) is 0. The Morgan fingerprint density at radius 1 is 1.71 bits per heavy atom. The molecule has 0 rings (SSSR count).